The Hall–Kier alpha value is -2.21. The standard InChI is InChI=1S/C21H16Cl2O4S/c22-17-8-6-16(7-9-17)21(15-4-2-1-3-5-15)28(24,25)12-14-10-18(23)20-19(11-14)26-13-27-20/h1-11,21H,12-13H2/t21-/m1/s1. The molecule has 0 amide bonds. The lowest BCUT2D eigenvalue weighted by atomic mass is 10.0. The Bertz CT molecular complexity index is 1100. The second-order valence-electron chi connectivity index (χ2n) is 6.46. The lowest BCUT2D eigenvalue weighted by molar-refractivity contribution is 0.174. The summed E-state index contributed by atoms with van der Waals surface area (Å²) in [5.74, 6) is 0.714. The van der Waals surface area contributed by atoms with Gasteiger partial charge in [-0.3, -0.25) is 0 Å². The summed E-state index contributed by atoms with van der Waals surface area (Å²) >= 11 is 12.2. The van der Waals surface area contributed by atoms with Gasteiger partial charge < -0.3 is 9.47 Å². The van der Waals surface area contributed by atoms with Gasteiger partial charge in [0.1, 0.15) is 5.25 Å². The highest BCUT2D eigenvalue weighted by Gasteiger charge is 2.30. The molecule has 1 heterocycles. The summed E-state index contributed by atoms with van der Waals surface area (Å²) in [6.45, 7) is 0.0721. The Labute approximate surface area is 173 Å². The molecule has 0 unspecified atom stereocenters. The summed E-state index contributed by atoms with van der Waals surface area (Å²) in [5, 5.41) is 0.0635. The molecule has 4 nitrogen and oxygen atoms in total. The number of hydrogen-bond acceptors (Lipinski definition) is 4. The monoisotopic (exact) mass is 434 g/mol. The molecule has 0 aliphatic carbocycles. The van der Waals surface area contributed by atoms with E-state index in [1.165, 1.54) is 0 Å². The number of benzene rings is 3. The minimum atomic E-state index is -3.63. The Morgan fingerprint density at radius 3 is 2.29 bits per heavy atom. The van der Waals surface area contributed by atoms with Crippen molar-refractivity contribution in [2.24, 2.45) is 0 Å². The van der Waals surface area contributed by atoms with Gasteiger partial charge in [0.25, 0.3) is 0 Å². The van der Waals surface area contributed by atoms with Crippen LogP contribution in [0.1, 0.15) is 21.9 Å². The molecule has 0 aromatic heterocycles. The zero-order chi connectivity index (χ0) is 19.7. The largest absolute Gasteiger partial charge is 0.454 e. The molecule has 1 atom stereocenters. The summed E-state index contributed by atoms with van der Waals surface area (Å²) in [6.07, 6.45) is 0. The van der Waals surface area contributed by atoms with Gasteiger partial charge in [0.05, 0.1) is 10.8 Å². The first-order valence-corrected chi connectivity index (χ1v) is 11.0. The molecule has 1 aliphatic rings. The van der Waals surface area contributed by atoms with Crippen LogP contribution in [0.25, 0.3) is 0 Å². The van der Waals surface area contributed by atoms with Crippen molar-refractivity contribution in [3.8, 4) is 11.5 Å². The summed E-state index contributed by atoms with van der Waals surface area (Å²) in [4.78, 5) is 0. The highest BCUT2D eigenvalue weighted by Crippen LogP contribution is 2.41. The highest BCUT2D eigenvalue weighted by molar-refractivity contribution is 7.91. The lowest BCUT2D eigenvalue weighted by Gasteiger charge is -2.19. The number of sulfone groups is 1. The van der Waals surface area contributed by atoms with Crippen LogP contribution in [0.2, 0.25) is 10.0 Å². The first-order chi connectivity index (χ1) is 13.4. The molecule has 0 spiro atoms. The fourth-order valence-corrected chi connectivity index (χ4v) is 5.65. The Balaban J connectivity index is 1.75. The van der Waals surface area contributed by atoms with Gasteiger partial charge in [-0.05, 0) is 41.0 Å². The van der Waals surface area contributed by atoms with Crippen LogP contribution in [-0.2, 0) is 15.6 Å². The molecule has 28 heavy (non-hydrogen) atoms. The van der Waals surface area contributed by atoms with E-state index in [-0.39, 0.29) is 12.5 Å². The minimum absolute atomic E-state index is 0.0721. The molecule has 0 bridgehead atoms. The van der Waals surface area contributed by atoms with E-state index in [1.807, 2.05) is 30.3 Å². The van der Waals surface area contributed by atoms with E-state index in [1.54, 1.807) is 36.4 Å². The van der Waals surface area contributed by atoms with Gasteiger partial charge in [0.2, 0.25) is 6.79 Å². The molecule has 0 saturated heterocycles. The van der Waals surface area contributed by atoms with Crippen LogP contribution in [0.4, 0.5) is 0 Å². The first kappa shape index (κ1) is 19.1. The quantitative estimate of drug-likeness (QED) is 0.537. The maximum Gasteiger partial charge on any atom is 0.231 e. The van der Waals surface area contributed by atoms with Crippen LogP contribution in [0.5, 0.6) is 11.5 Å². The second-order valence-corrected chi connectivity index (χ2v) is 9.39. The van der Waals surface area contributed by atoms with Crippen molar-refractivity contribution < 1.29 is 17.9 Å². The van der Waals surface area contributed by atoms with E-state index in [4.69, 9.17) is 32.7 Å². The van der Waals surface area contributed by atoms with Crippen molar-refractivity contribution in [2.75, 3.05) is 6.79 Å². The topological polar surface area (TPSA) is 52.6 Å². The molecular formula is C21H16Cl2O4S. The summed E-state index contributed by atoms with van der Waals surface area (Å²) in [6, 6.07) is 19.3. The number of fused-ring (bicyclic) bond motifs is 1. The van der Waals surface area contributed by atoms with Gasteiger partial charge in [-0.25, -0.2) is 8.42 Å². The van der Waals surface area contributed by atoms with Gasteiger partial charge in [-0.2, -0.15) is 0 Å². The smallest absolute Gasteiger partial charge is 0.231 e. The van der Waals surface area contributed by atoms with Crippen LogP contribution >= 0.6 is 23.2 Å². The third kappa shape index (κ3) is 3.83. The molecule has 0 radical (unpaired) electrons. The van der Waals surface area contributed by atoms with E-state index in [0.717, 1.165) is 0 Å². The molecule has 3 aromatic carbocycles. The van der Waals surface area contributed by atoms with Gasteiger partial charge in [0.15, 0.2) is 21.3 Å². The first-order valence-electron chi connectivity index (χ1n) is 8.54. The van der Waals surface area contributed by atoms with Crippen LogP contribution in [0.3, 0.4) is 0 Å². The average molecular weight is 435 g/mol. The zero-order valence-corrected chi connectivity index (χ0v) is 17.0. The van der Waals surface area contributed by atoms with Crippen molar-refractivity contribution in [3.63, 3.8) is 0 Å². The van der Waals surface area contributed by atoms with Crippen molar-refractivity contribution >= 4 is 33.0 Å². The normalized spacial score (nSPS) is 14.1. The Morgan fingerprint density at radius 2 is 1.57 bits per heavy atom. The molecule has 0 fully saturated rings. The fraction of sp³-hybridized carbons (Fsp3) is 0.143. The van der Waals surface area contributed by atoms with Crippen molar-refractivity contribution in [1.29, 1.82) is 0 Å². The predicted molar refractivity (Wildman–Crippen MR) is 110 cm³/mol. The fourth-order valence-electron chi connectivity index (χ4n) is 3.29. The number of halogens is 2. The molecular weight excluding hydrogens is 419 g/mol. The van der Waals surface area contributed by atoms with Crippen LogP contribution in [0.15, 0.2) is 66.7 Å². The van der Waals surface area contributed by atoms with Crippen molar-refractivity contribution in [3.05, 3.63) is 93.5 Å². The minimum Gasteiger partial charge on any atom is -0.454 e. The van der Waals surface area contributed by atoms with Gasteiger partial charge >= 0.3 is 0 Å². The van der Waals surface area contributed by atoms with E-state index >= 15 is 0 Å². The summed E-state index contributed by atoms with van der Waals surface area (Å²) in [5.41, 5.74) is 1.89. The van der Waals surface area contributed by atoms with E-state index in [0.29, 0.717) is 38.2 Å². The third-order valence-corrected chi connectivity index (χ3v) is 7.02. The SMILES string of the molecule is O=S(=O)(Cc1cc(Cl)c2c(c1)OCO2)[C@H](c1ccccc1)c1ccc(Cl)cc1. The van der Waals surface area contributed by atoms with Gasteiger partial charge in [0, 0.05) is 5.02 Å². The van der Waals surface area contributed by atoms with Crippen molar-refractivity contribution in [1.82, 2.24) is 0 Å². The third-order valence-electron chi connectivity index (χ3n) is 4.49. The number of rotatable bonds is 5. The molecule has 0 saturated carbocycles. The predicted octanol–water partition coefficient (Wildman–Crippen LogP) is 5.43. The van der Waals surface area contributed by atoms with Gasteiger partial charge in [-0.1, -0.05) is 65.7 Å². The van der Waals surface area contributed by atoms with E-state index < -0.39 is 15.1 Å². The highest BCUT2D eigenvalue weighted by atomic mass is 35.5. The molecule has 7 heteroatoms. The van der Waals surface area contributed by atoms with E-state index in [9.17, 15) is 8.42 Å². The zero-order valence-electron chi connectivity index (χ0n) is 14.6. The Morgan fingerprint density at radius 1 is 0.893 bits per heavy atom. The van der Waals surface area contributed by atoms with Crippen LogP contribution in [0, 0.1) is 0 Å². The lowest BCUT2D eigenvalue weighted by Crippen LogP contribution is -2.17. The Kier molecular flexibility index (Phi) is 5.23. The van der Waals surface area contributed by atoms with E-state index in [2.05, 4.69) is 0 Å². The second kappa shape index (κ2) is 7.66. The van der Waals surface area contributed by atoms with Crippen molar-refractivity contribution in [2.45, 2.75) is 11.0 Å². The maximum absolute atomic E-state index is 13.4. The summed E-state index contributed by atoms with van der Waals surface area (Å²) in [7, 11) is -3.63. The maximum atomic E-state index is 13.4. The molecule has 144 valence electrons. The van der Waals surface area contributed by atoms with Gasteiger partial charge in [-0.15, -0.1) is 0 Å². The molecule has 4 rings (SSSR count). The number of ether oxygens (including phenoxy) is 2. The van der Waals surface area contributed by atoms with Crippen LogP contribution in [-0.4, -0.2) is 15.2 Å². The molecule has 1 aliphatic heterocycles. The average Bonchev–Trinajstić information content (AvgIpc) is 3.13. The van der Waals surface area contributed by atoms with Crippen LogP contribution < -0.4 is 9.47 Å². The summed E-state index contributed by atoms with van der Waals surface area (Å²) < 4.78 is 37.6. The molecule has 0 N–H and O–H groups in total. The number of hydrogen-bond donors (Lipinski definition) is 0. The molecule has 3 aromatic rings.